The van der Waals surface area contributed by atoms with E-state index in [9.17, 15) is 0 Å². The van der Waals surface area contributed by atoms with Crippen molar-refractivity contribution in [3.8, 4) is 11.5 Å². The Hall–Kier alpha value is -1.72. The Morgan fingerprint density at radius 1 is 1.25 bits per heavy atom. The zero-order valence-corrected chi connectivity index (χ0v) is 12.5. The van der Waals surface area contributed by atoms with E-state index in [0.29, 0.717) is 6.61 Å². The minimum absolute atomic E-state index is 0. The van der Waals surface area contributed by atoms with Gasteiger partial charge in [0.25, 0.3) is 0 Å². The number of H-pyrrole nitrogens is 1. The Balaban J connectivity index is 0.00000200. The van der Waals surface area contributed by atoms with Crippen LogP contribution < -0.4 is 14.8 Å². The van der Waals surface area contributed by atoms with Crippen molar-refractivity contribution in [1.29, 1.82) is 0 Å². The van der Waals surface area contributed by atoms with Crippen LogP contribution in [0.4, 0.5) is 0 Å². The van der Waals surface area contributed by atoms with Crippen LogP contribution in [0.3, 0.4) is 0 Å². The van der Waals surface area contributed by atoms with E-state index in [1.165, 1.54) is 5.56 Å². The molecule has 0 atom stereocenters. The number of halogens is 1. The van der Waals surface area contributed by atoms with Gasteiger partial charge in [-0.3, -0.25) is 5.10 Å². The summed E-state index contributed by atoms with van der Waals surface area (Å²) in [6.45, 7) is 4.16. The fraction of sp³-hybridized carbons (Fsp3) is 0.357. The number of ether oxygens (including phenoxy) is 2. The van der Waals surface area contributed by atoms with Gasteiger partial charge < -0.3 is 14.8 Å². The second-order valence-corrected chi connectivity index (χ2v) is 4.20. The maximum Gasteiger partial charge on any atom is 0.161 e. The van der Waals surface area contributed by atoms with E-state index in [2.05, 4.69) is 15.5 Å². The molecular formula is C14H20ClN3O2. The summed E-state index contributed by atoms with van der Waals surface area (Å²) in [5.74, 6) is 1.53. The van der Waals surface area contributed by atoms with E-state index in [0.717, 1.165) is 30.3 Å². The van der Waals surface area contributed by atoms with Crippen molar-refractivity contribution in [3.05, 3.63) is 41.7 Å². The van der Waals surface area contributed by atoms with Crippen LogP contribution in [-0.4, -0.2) is 30.5 Å². The molecule has 0 fully saturated rings. The average molecular weight is 298 g/mol. The molecule has 5 nitrogen and oxygen atoms in total. The summed E-state index contributed by atoms with van der Waals surface area (Å²) >= 11 is 0. The van der Waals surface area contributed by atoms with Gasteiger partial charge in [0.15, 0.2) is 11.5 Å². The predicted octanol–water partition coefficient (Wildman–Crippen LogP) is 2.32. The zero-order valence-electron chi connectivity index (χ0n) is 11.7. The molecule has 0 aliphatic rings. The first kappa shape index (κ1) is 16.3. The van der Waals surface area contributed by atoms with Crippen molar-refractivity contribution in [2.24, 2.45) is 0 Å². The highest BCUT2D eigenvalue weighted by Crippen LogP contribution is 2.25. The number of hydrogen-bond donors (Lipinski definition) is 2. The quantitative estimate of drug-likeness (QED) is 0.770. The van der Waals surface area contributed by atoms with Crippen molar-refractivity contribution in [2.75, 3.05) is 20.3 Å². The minimum atomic E-state index is 0. The second-order valence-electron chi connectivity index (χ2n) is 4.20. The number of methoxy groups -OCH3 is 1. The number of aromatic amines is 1. The van der Waals surface area contributed by atoms with Gasteiger partial charge in [-0.15, -0.1) is 12.4 Å². The highest BCUT2D eigenvalue weighted by atomic mass is 35.5. The first-order valence-corrected chi connectivity index (χ1v) is 6.26. The molecule has 0 aliphatic heterocycles. The molecule has 0 aliphatic carbocycles. The molecule has 0 radical (unpaired) electrons. The Kier molecular flexibility index (Phi) is 6.90. The molecule has 6 heteroatoms. The van der Waals surface area contributed by atoms with Crippen molar-refractivity contribution in [1.82, 2.24) is 15.5 Å². The zero-order chi connectivity index (χ0) is 13.5. The van der Waals surface area contributed by atoms with Gasteiger partial charge in [-0.25, -0.2) is 0 Å². The van der Waals surface area contributed by atoms with Crippen LogP contribution in [0.5, 0.6) is 11.5 Å². The standard InChI is InChI=1S/C14H19N3O2.ClH/c1-11-12(10-16-17-11)9-15-7-8-19-14-6-4-3-5-13(14)18-2;/h3-6,10,15H,7-9H2,1-2H3,(H,16,17);1H. The number of aromatic nitrogens is 2. The Bertz CT molecular complexity index is 517. The summed E-state index contributed by atoms with van der Waals surface area (Å²) in [5.41, 5.74) is 2.27. The van der Waals surface area contributed by atoms with Gasteiger partial charge in [0.1, 0.15) is 6.61 Å². The highest BCUT2D eigenvalue weighted by Gasteiger charge is 2.02. The molecule has 2 rings (SSSR count). The fourth-order valence-electron chi connectivity index (χ4n) is 1.75. The lowest BCUT2D eigenvalue weighted by molar-refractivity contribution is 0.292. The van der Waals surface area contributed by atoms with Crippen molar-refractivity contribution in [2.45, 2.75) is 13.5 Å². The van der Waals surface area contributed by atoms with Crippen LogP contribution in [0.15, 0.2) is 30.5 Å². The molecule has 0 unspecified atom stereocenters. The van der Waals surface area contributed by atoms with Crippen molar-refractivity contribution < 1.29 is 9.47 Å². The third-order valence-electron chi connectivity index (χ3n) is 2.86. The maximum absolute atomic E-state index is 5.67. The second kappa shape index (κ2) is 8.45. The van der Waals surface area contributed by atoms with E-state index < -0.39 is 0 Å². The van der Waals surface area contributed by atoms with Crippen LogP contribution in [0, 0.1) is 6.92 Å². The van der Waals surface area contributed by atoms with E-state index in [1.807, 2.05) is 37.4 Å². The summed E-state index contributed by atoms with van der Waals surface area (Å²) < 4.78 is 10.9. The normalized spacial score (nSPS) is 9.90. The lowest BCUT2D eigenvalue weighted by Crippen LogP contribution is -2.20. The number of aryl methyl sites for hydroxylation is 1. The number of para-hydroxylation sites is 2. The summed E-state index contributed by atoms with van der Waals surface area (Å²) in [6.07, 6.45) is 1.84. The number of nitrogens with one attached hydrogen (secondary N) is 2. The van der Waals surface area contributed by atoms with Crippen LogP contribution in [0.25, 0.3) is 0 Å². The van der Waals surface area contributed by atoms with Crippen LogP contribution in [0.1, 0.15) is 11.3 Å². The Morgan fingerprint density at radius 3 is 2.65 bits per heavy atom. The van der Waals surface area contributed by atoms with E-state index in [1.54, 1.807) is 7.11 Å². The number of rotatable bonds is 7. The van der Waals surface area contributed by atoms with E-state index in [-0.39, 0.29) is 12.4 Å². The fourth-order valence-corrected chi connectivity index (χ4v) is 1.75. The summed E-state index contributed by atoms with van der Waals surface area (Å²) in [7, 11) is 1.64. The summed E-state index contributed by atoms with van der Waals surface area (Å²) in [5, 5.41) is 10.2. The predicted molar refractivity (Wildman–Crippen MR) is 80.8 cm³/mol. The number of hydrogen-bond acceptors (Lipinski definition) is 4. The first-order valence-electron chi connectivity index (χ1n) is 6.26. The number of nitrogens with zero attached hydrogens (tertiary/aromatic N) is 1. The number of benzene rings is 1. The highest BCUT2D eigenvalue weighted by molar-refractivity contribution is 5.85. The monoisotopic (exact) mass is 297 g/mol. The van der Waals surface area contributed by atoms with Crippen LogP contribution in [-0.2, 0) is 6.54 Å². The topological polar surface area (TPSA) is 59.2 Å². The molecule has 0 spiro atoms. The van der Waals surface area contributed by atoms with Gasteiger partial charge in [-0.2, -0.15) is 5.10 Å². The van der Waals surface area contributed by atoms with Crippen LogP contribution in [0.2, 0.25) is 0 Å². The Morgan fingerprint density at radius 2 is 2.00 bits per heavy atom. The summed E-state index contributed by atoms with van der Waals surface area (Å²) in [6, 6.07) is 7.64. The summed E-state index contributed by atoms with van der Waals surface area (Å²) in [4.78, 5) is 0. The molecule has 2 N–H and O–H groups in total. The maximum atomic E-state index is 5.67. The SMILES string of the molecule is COc1ccccc1OCCNCc1cn[nH]c1C.Cl. The minimum Gasteiger partial charge on any atom is -0.493 e. The lowest BCUT2D eigenvalue weighted by atomic mass is 10.3. The third-order valence-corrected chi connectivity index (χ3v) is 2.86. The molecule has 110 valence electrons. The van der Waals surface area contributed by atoms with Crippen molar-refractivity contribution >= 4 is 12.4 Å². The van der Waals surface area contributed by atoms with Gasteiger partial charge in [0.2, 0.25) is 0 Å². The molecule has 0 saturated heterocycles. The molecular weight excluding hydrogens is 278 g/mol. The molecule has 2 aromatic rings. The largest absolute Gasteiger partial charge is 0.493 e. The average Bonchev–Trinajstić information content (AvgIpc) is 2.84. The molecule has 1 aromatic carbocycles. The molecule has 20 heavy (non-hydrogen) atoms. The molecule has 1 aromatic heterocycles. The molecule has 0 bridgehead atoms. The molecule has 1 heterocycles. The first-order chi connectivity index (χ1) is 9.31. The van der Waals surface area contributed by atoms with Crippen LogP contribution >= 0.6 is 12.4 Å². The van der Waals surface area contributed by atoms with E-state index in [4.69, 9.17) is 9.47 Å². The molecule has 0 saturated carbocycles. The Labute approximate surface area is 125 Å². The van der Waals surface area contributed by atoms with Gasteiger partial charge in [0, 0.05) is 24.3 Å². The van der Waals surface area contributed by atoms with Gasteiger partial charge in [-0.05, 0) is 19.1 Å². The van der Waals surface area contributed by atoms with Gasteiger partial charge >= 0.3 is 0 Å². The van der Waals surface area contributed by atoms with E-state index >= 15 is 0 Å². The van der Waals surface area contributed by atoms with Crippen molar-refractivity contribution in [3.63, 3.8) is 0 Å². The van der Waals surface area contributed by atoms with Gasteiger partial charge in [0.05, 0.1) is 13.3 Å². The third kappa shape index (κ3) is 4.43. The lowest BCUT2D eigenvalue weighted by Gasteiger charge is -2.10. The molecule has 0 amide bonds. The van der Waals surface area contributed by atoms with Gasteiger partial charge in [-0.1, -0.05) is 12.1 Å². The smallest absolute Gasteiger partial charge is 0.161 e.